The maximum absolute atomic E-state index is 14.3. The van der Waals surface area contributed by atoms with Crippen molar-refractivity contribution in [3.63, 3.8) is 0 Å². The number of phenolic OH excluding ortho intramolecular Hbond substituents is 1. The number of aliphatic carboxylic acids is 1. The van der Waals surface area contributed by atoms with E-state index in [1.807, 2.05) is 0 Å². The van der Waals surface area contributed by atoms with Crippen LogP contribution >= 0.6 is 0 Å². The molecule has 13 amide bonds. The first-order valence-electron chi connectivity index (χ1n) is 31.1. The van der Waals surface area contributed by atoms with Crippen molar-refractivity contribution in [1.82, 2.24) is 63.8 Å². The number of carbonyl (C=O) groups excluding carboxylic acids is 13. The van der Waals surface area contributed by atoms with Gasteiger partial charge in [0.25, 0.3) is 0 Å². The third-order valence-electron chi connectivity index (χ3n) is 14.6. The molecule has 0 saturated heterocycles. The van der Waals surface area contributed by atoms with Gasteiger partial charge in [0.05, 0.1) is 45.1 Å². The third-order valence-corrected chi connectivity index (χ3v) is 14.6. The van der Waals surface area contributed by atoms with Crippen molar-refractivity contribution in [2.75, 3.05) is 39.5 Å². The number of hydrogen-bond acceptors (Lipinski definition) is 22. The van der Waals surface area contributed by atoms with Crippen LogP contribution in [0.2, 0.25) is 0 Å². The molecule has 0 fully saturated rings. The van der Waals surface area contributed by atoms with Gasteiger partial charge in [0, 0.05) is 12.8 Å². The summed E-state index contributed by atoms with van der Waals surface area (Å²) in [5.41, 5.74) is 16.6. The molecule has 0 radical (unpaired) electrons. The Morgan fingerprint density at radius 3 is 1.34 bits per heavy atom. The largest absolute Gasteiger partial charge is 0.508 e. The maximum atomic E-state index is 14.3. The fraction of sp³-hybridized carbons (Fsp3) is 0.661. The first-order valence-corrected chi connectivity index (χ1v) is 31.1. The molecule has 0 heterocycles. The summed E-state index contributed by atoms with van der Waals surface area (Å²) in [4.78, 5) is 187. The zero-order valence-electron chi connectivity index (χ0n) is 54.7. The molecule has 14 atom stereocenters. The zero-order chi connectivity index (χ0) is 72.4. The average molecular weight is 1350 g/mol. The second kappa shape index (κ2) is 43.3. The van der Waals surface area contributed by atoms with Crippen molar-refractivity contribution in [2.45, 2.75) is 192 Å². The molecule has 0 saturated carbocycles. The average Bonchev–Trinajstić information content (AvgIpc) is 0.907. The lowest BCUT2D eigenvalue weighted by molar-refractivity contribution is -0.143. The fourth-order valence-electron chi connectivity index (χ4n) is 9.03. The highest BCUT2D eigenvalue weighted by atomic mass is 16.4. The van der Waals surface area contributed by atoms with E-state index in [2.05, 4.69) is 63.8 Å². The molecule has 0 unspecified atom stereocenters. The van der Waals surface area contributed by atoms with E-state index >= 15 is 0 Å². The molecule has 1 rings (SSSR count). The first kappa shape index (κ1) is 84.3. The summed E-state index contributed by atoms with van der Waals surface area (Å²) in [7, 11) is 0. The van der Waals surface area contributed by atoms with E-state index in [4.69, 9.17) is 17.2 Å². The van der Waals surface area contributed by atoms with Gasteiger partial charge in [-0.15, -0.1) is 0 Å². The van der Waals surface area contributed by atoms with Crippen LogP contribution < -0.4 is 81.0 Å². The Morgan fingerprint density at radius 2 is 0.853 bits per heavy atom. The van der Waals surface area contributed by atoms with Crippen LogP contribution in [0.4, 0.5) is 0 Å². The highest BCUT2D eigenvalue weighted by Gasteiger charge is 2.39. The monoisotopic (exact) mass is 1350 g/mol. The standard InChI is InChI=1S/C59H99N15O21/c1-9-30(6)46(56(91)74-48(32(8)79)58(93)71-42(27-77)55(90)69-39(59(94)95)21-29(4)5)73-51(86)35(12-10-11-19-60)65-52(87)37(20-28(2)3)67-54(89)41(26-76)70-53(88)38(22-33-13-15-34(80)16-14-33)68-50(85)36(17-18-43(62)81)66-57(92)47(31(7)78)72-45(83)24-63-49(84)40(25-75)64-44(82)23-61/h13-16,28-32,35-42,46-48,75-80H,9-12,17-27,60-61H2,1-8H3,(H2,62,81)(H,63,84)(H,64,82)(H,65,87)(H,66,92)(H,67,89)(H,68,85)(H,69,90)(H,70,88)(H,71,93)(H,72,83)(H,73,86)(H,74,91)(H,94,95)/t30-,31+,32+,35-,36-,37-,38-,39-,40-,41-,42-,46-,47-,48-/m0/s1. The first-order chi connectivity index (χ1) is 44.6. The number of carboxylic acid groups (broad SMARTS) is 1. The summed E-state index contributed by atoms with van der Waals surface area (Å²) < 4.78 is 0. The van der Waals surface area contributed by atoms with Crippen molar-refractivity contribution in [1.29, 1.82) is 0 Å². The van der Waals surface area contributed by atoms with E-state index < -0.39 is 220 Å². The van der Waals surface area contributed by atoms with E-state index in [0.717, 1.165) is 13.8 Å². The van der Waals surface area contributed by atoms with Gasteiger partial charge in [-0.3, -0.25) is 62.3 Å². The number of aliphatic hydroxyl groups is 5. The number of carbonyl (C=O) groups is 14. The van der Waals surface area contributed by atoms with Gasteiger partial charge in [-0.2, -0.15) is 0 Å². The summed E-state index contributed by atoms with van der Waals surface area (Å²) in [5, 5.41) is 98.9. The normalized spacial score (nSPS) is 15.6. The number of carboxylic acids is 1. The van der Waals surface area contributed by atoms with Crippen LogP contribution in [0.1, 0.15) is 112 Å². The van der Waals surface area contributed by atoms with Gasteiger partial charge in [-0.1, -0.05) is 60.1 Å². The number of unbranched alkanes of at least 4 members (excludes halogenated alkanes) is 1. The number of aliphatic hydroxyl groups excluding tert-OH is 5. The Hall–Kier alpha value is -8.68. The molecule has 95 heavy (non-hydrogen) atoms. The molecule has 0 aliphatic heterocycles. The second-order valence-electron chi connectivity index (χ2n) is 23.7. The predicted molar refractivity (Wildman–Crippen MR) is 337 cm³/mol. The quantitative estimate of drug-likeness (QED) is 0.0270. The number of phenols is 1. The number of hydrogen-bond donors (Lipinski definition) is 22. The zero-order valence-corrected chi connectivity index (χ0v) is 54.7. The minimum absolute atomic E-state index is 0.00827. The van der Waals surface area contributed by atoms with E-state index in [0.29, 0.717) is 6.42 Å². The molecule has 0 aliphatic carbocycles. The number of aromatic hydroxyl groups is 1. The van der Waals surface area contributed by atoms with Crippen LogP contribution in [0, 0.1) is 17.8 Å². The molecular formula is C59H99N15O21. The van der Waals surface area contributed by atoms with Crippen molar-refractivity contribution in [3.05, 3.63) is 29.8 Å². The Bertz CT molecular complexity index is 2740. The summed E-state index contributed by atoms with van der Waals surface area (Å²) in [6.07, 6.45) is -4.23. The van der Waals surface area contributed by atoms with E-state index in [1.54, 1.807) is 41.5 Å². The van der Waals surface area contributed by atoms with Crippen LogP contribution in [0.15, 0.2) is 24.3 Å². The molecular weight excluding hydrogens is 1250 g/mol. The number of rotatable bonds is 45. The summed E-state index contributed by atoms with van der Waals surface area (Å²) in [5.74, 6) is -16.5. The molecule has 1 aromatic carbocycles. The van der Waals surface area contributed by atoms with Gasteiger partial charge in [0.1, 0.15) is 72.2 Å². The lowest BCUT2D eigenvalue weighted by atomic mass is 9.96. The molecule has 0 aliphatic rings. The fourth-order valence-corrected chi connectivity index (χ4v) is 9.03. The van der Waals surface area contributed by atoms with Crippen LogP contribution in [0.3, 0.4) is 0 Å². The topological polar surface area (TPSA) is 603 Å². The van der Waals surface area contributed by atoms with Crippen molar-refractivity contribution in [3.8, 4) is 5.75 Å². The Balaban J connectivity index is 3.57. The third kappa shape index (κ3) is 31.0. The van der Waals surface area contributed by atoms with Gasteiger partial charge in [-0.05, 0) is 94.4 Å². The van der Waals surface area contributed by atoms with Crippen LogP contribution in [0.25, 0.3) is 0 Å². The highest BCUT2D eigenvalue weighted by Crippen LogP contribution is 2.15. The smallest absolute Gasteiger partial charge is 0.326 e. The number of nitrogens with two attached hydrogens (primary N) is 3. The molecule has 1 aromatic rings. The number of primary amides is 1. The second-order valence-corrected chi connectivity index (χ2v) is 23.7. The molecule has 0 bridgehead atoms. The van der Waals surface area contributed by atoms with Crippen LogP contribution in [-0.4, -0.2) is 237 Å². The SMILES string of the molecule is CC[C@H](C)[C@H](NC(=O)[C@H](CCCCN)NC(=O)[C@H](CC(C)C)NC(=O)[C@H](CO)NC(=O)[C@H](Cc1ccc(O)cc1)NC(=O)[C@H](CCC(N)=O)NC(=O)[C@@H](NC(=O)CNC(=O)[C@H](CO)NC(=O)CN)[C@@H](C)O)C(=O)N[C@H](C(=O)N[C@@H](CO)C(=O)N[C@@H](CC(C)C)C(=O)O)[C@@H](C)O. The van der Waals surface area contributed by atoms with Crippen LogP contribution in [-0.2, 0) is 73.5 Å². The Kier molecular flexibility index (Phi) is 38.5. The molecule has 536 valence electrons. The van der Waals surface area contributed by atoms with E-state index in [-0.39, 0.29) is 61.8 Å². The molecule has 25 N–H and O–H groups in total. The molecule has 0 aromatic heterocycles. The van der Waals surface area contributed by atoms with E-state index in [1.165, 1.54) is 24.3 Å². The van der Waals surface area contributed by atoms with Crippen LogP contribution in [0.5, 0.6) is 5.75 Å². The van der Waals surface area contributed by atoms with Gasteiger partial charge < -0.3 is 117 Å². The molecule has 36 nitrogen and oxygen atoms in total. The lowest BCUT2D eigenvalue weighted by Crippen LogP contribution is -2.63. The summed E-state index contributed by atoms with van der Waals surface area (Å²) in [6, 6.07) is -12.8. The number of benzene rings is 1. The number of amides is 13. The Labute approximate surface area is 549 Å². The van der Waals surface area contributed by atoms with E-state index in [9.17, 15) is 103 Å². The van der Waals surface area contributed by atoms with Crippen molar-refractivity contribution < 1.29 is 103 Å². The summed E-state index contributed by atoms with van der Waals surface area (Å²) >= 11 is 0. The lowest BCUT2D eigenvalue weighted by Gasteiger charge is -2.30. The van der Waals surface area contributed by atoms with Gasteiger partial charge in [0.15, 0.2) is 0 Å². The van der Waals surface area contributed by atoms with Gasteiger partial charge >= 0.3 is 5.97 Å². The predicted octanol–water partition coefficient (Wildman–Crippen LogP) is -8.30. The minimum Gasteiger partial charge on any atom is -0.508 e. The number of nitrogens with one attached hydrogen (secondary N) is 12. The maximum Gasteiger partial charge on any atom is 0.326 e. The van der Waals surface area contributed by atoms with Gasteiger partial charge in [-0.25, -0.2) is 4.79 Å². The van der Waals surface area contributed by atoms with Crippen molar-refractivity contribution >= 4 is 82.8 Å². The summed E-state index contributed by atoms with van der Waals surface area (Å²) in [6.45, 7) is 8.01. The Morgan fingerprint density at radius 1 is 0.453 bits per heavy atom. The van der Waals surface area contributed by atoms with Crippen molar-refractivity contribution in [2.24, 2.45) is 35.0 Å². The minimum atomic E-state index is -1.88. The highest BCUT2D eigenvalue weighted by molar-refractivity contribution is 5.99. The van der Waals surface area contributed by atoms with Gasteiger partial charge in [0.2, 0.25) is 76.8 Å². The molecule has 0 spiro atoms. The molecule has 36 heteroatoms.